The molecule has 0 unspecified atom stereocenters. The second kappa shape index (κ2) is 59.6. The number of benzene rings is 12. The molecule has 0 spiro atoms. The highest BCUT2D eigenvalue weighted by atomic mass is 19.3. The maximum Gasteiger partial charge on any atom is 0.343 e. The lowest BCUT2D eigenvalue weighted by atomic mass is 10.0. The van der Waals surface area contributed by atoms with Gasteiger partial charge in [0.05, 0.1) is 68.8 Å². The third kappa shape index (κ3) is 38.5. The summed E-state index contributed by atoms with van der Waals surface area (Å²) >= 11 is 0. The van der Waals surface area contributed by atoms with Crippen LogP contribution in [0.3, 0.4) is 0 Å². The average Bonchev–Trinajstić information content (AvgIpc) is 0.842. The summed E-state index contributed by atoms with van der Waals surface area (Å²) in [4.78, 5) is 154. The third-order valence-electron chi connectivity index (χ3n) is 23.4. The quantitative estimate of drug-likeness (QED) is 0.00892. The number of para-hydroxylation sites is 1. The van der Waals surface area contributed by atoms with Crippen LogP contribution >= 0.6 is 0 Å². The van der Waals surface area contributed by atoms with Crippen LogP contribution in [0, 0.1) is 6.92 Å². The molecule has 3 amide bonds. The summed E-state index contributed by atoms with van der Waals surface area (Å²) in [7, 11) is 1.50. The number of esters is 3. The zero-order valence-electron chi connectivity index (χ0n) is 84.0. The molecule has 0 heterocycles. The van der Waals surface area contributed by atoms with Gasteiger partial charge in [-0.1, -0.05) is 200 Å². The number of carboxylic acid groups (broad SMARTS) is 3. The van der Waals surface area contributed by atoms with Gasteiger partial charge in [-0.3, -0.25) is 43.2 Å². The molecule has 12 aromatic rings. The molecule has 0 saturated carbocycles. The molecule has 28 nitrogen and oxygen atoms in total. The van der Waals surface area contributed by atoms with Crippen LogP contribution in [0.2, 0.25) is 0 Å². The Kier molecular flexibility index (Phi) is 45.6. The molecule has 0 aliphatic carbocycles. The van der Waals surface area contributed by atoms with Gasteiger partial charge in [-0.2, -0.15) is 0 Å². The number of aryl methyl sites for hydroxylation is 1. The number of nitrogens with one attached hydrogen (secondary N) is 3. The number of carbonyl (C=O) groups excluding carboxylic acids is 9. The Morgan fingerprint density at radius 2 is 0.568 bits per heavy atom. The van der Waals surface area contributed by atoms with E-state index in [4.69, 9.17) is 33.2 Å². The van der Waals surface area contributed by atoms with Crippen molar-refractivity contribution in [1.29, 1.82) is 0 Å². The summed E-state index contributed by atoms with van der Waals surface area (Å²) in [5.41, 5.74) is 7.90. The van der Waals surface area contributed by atoms with E-state index in [1.54, 1.807) is 243 Å². The fourth-order valence-corrected chi connectivity index (χ4v) is 15.1. The van der Waals surface area contributed by atoms with Gasteiger partial charge in [0.1, 0.15) is 59.9 Å². The normalized spacial score (nSPS) is 10.8. The number of ether oxygens (including phenoxy) is 7. The highest BCUT2D eigenvalue weighted by molar-refractivity contribution is 6.03. The molecule has 30 heteroatoms. The average molecular weight is 2020 g/mol. The van der Waals surface area contributed by atoms with Crippen LogP contribution in [0.25, 0.3) is 0 Å². The van der Waals surface area contributed by atoms with Gasteiger partial charge in [-0.05, 0) is 237 Å². The van der Waals surface area contributed by atoms with Crippen LogP contribution in [0.15, 0.2) is 291 Å². The second-order valence-electron chi connectivity index (χ2n) is 35.2. The minimum absolute atomic E-state index is 0.0172. The summed E-state index contributed by atoms with van der Waals surface area (Å²) in [6.07, 6.45) is 17.2. The minimum Gasteiger partial charge on any atom is -0.496 e. The van der Waals surface area contributed by atoms with Crippen molar-refractivity contribution in [3.05, 3.63) is 369 Å². The standard InChI is InChI=1S/C40H42F2N2O7.C39H42N2O8.C39H42N2O7/c1-3-4-5-6-7-24-50-34-22-14-31(15-23-34)39(49)51-35-20-8-28(9-21-35)26-44(27-37(46)47)38(48)30-12-18-33(19-13-30)43-25-36(45)29-10-16-32(17-11-29)40(2,41)42;1-3-4-5-6-9-24-48-32-22-16-30(17-23-32)39(46)49-33-20-12-28(13-21-33)26-41(27-37(43)44)38(45)29-14-18-31(19-15-29)40-25-35(42)34-10-7-8-11-36(34)47-2;1-3-4-5-6-7-24-47-34-22-16-32(17-23-34)39(46)48-35-20-10-29(11-21-35)26-41(27-37(43)44)38(45)31-14-18-33(19-15-31)40-25-36(42)30-12-8-28(2)9-13-30/h8-23,43H,3-7,24-27H2,1-2H3,(H,46,47);7-8,10-23,40H,3-6,9,24-27H2,1-2H3,(H,43,44);8-23,40H,3-7,24-27H2,1-2H3,(H,43,44). The van der Waals surface area contributed by atoms with E-state index in [0.29, 0.717) is 121 Å². The van der Waals surface area contributed by atoms with Crippen molar-refractivity contribution >= 4 is 87.9 Å². The highest BCUT2D eigenvalue weighted by Crippen LogP contribution is 2.30. The number of amides is 3. The summed E-state index contributed by atoms with van der Waals surface area (Å²) in [5, 5.41) is 37.5. The number of nitrogens with zero attached hydrogens (tertiary/aromatic N) is 3. The monoisotopic (exact) mass is 2020 g/mol. The SMILES string of the molecule is CCCCCCCOc1ccc(C(=O)Oc2ccc(CN(CC(=O)O)C(=O)c3ccc(NCC(=O)c4ccc(C(C)(F)F)cc4)cc3)cc2)cc1.CCCCCCCOc1ccc(C(=O)Oc2ccc(CN(CC(=O)O)C(=O)c3ccc(NCC(=O)c4ccc(C)cc4)cc3)cc2)cc1.CCCCCCCOc1ccc(C(=O)Oc2ccc(CN(CC(=O)O)C(=O)c3ccc(NCC(=O)c4ccccc4OC)cc3)cc2)cc1. The molecule has 0 fully saturated rings. The van der Waals surface area contributed by atoms with Crippen molar-refractivity contribution in [2.75, 3.05) is 82.1 Å². The number of unbranched alkanes of at least 4 members (excludes halogenated alkanes) is 12. The Morgan fingerprint density at radius 3 is 0.851 bits per heavy atom. The lowest BCUT2D eigenvalue weighted by molar-refractivity contribution is -0.138. The van der Waals surface area contributed by atoms with E-state index in [0.717, 1.165) is 51.0 Å². The van der Waals surface area contributed by atoms with Crippen molar-refractivity contribution in [2.24, 2.45) is 0 Å². The molecule has 0 atom stereocenters. The van der Waals surface area contributed by atoms with Gasteiger partial charge in [-0.25, -0.2) is 23.2 Å². The Hall–Kier alpha value is -16.7. The number of halogens is 2. The van der Waals surface area contributed by atoms with Crippen molar-refractivity contribution in [3.8, 4) is 40.2 Å². The maximum atomic E-state index is 13.5. The van der Waals surface area contributed by atoms with E-state index in [2.05, 4.69) is 36.7 Å². The van der Waals surface area contributed by atoms with Crippen molar-refractivity contribution in [3.63, 3.8) is 0 Å². The first kappa shape index (κ1) is 113. The molecule has 0 saturated heterocycles. The molecule has 0 aliphatic rings. The van der Waals surface area contributed by atoms with Crippen molar-refractivity contribution < 1.29 is 115 Å². The first-order chi connectivity index (χ1) is 71.4. The Balaban J connectivity index is 0.000000227. The zero-order valence-corrected chi connectivity index (χ0v) is 84.0. The molecule has 774 valence electrons. The Morgan fingerprint density at radius 1 is 0.304 bits per heavy atom. The fourth-order valence-electron chi connectivity index (χ4n) is 15.1. The van der Waals surface area contributed by atoms with Gasteiger partial charge in [0.25, 0.3) is 23.6 Å². The van der Waals surface area contributed by atoms with Crippen LogP contribution in [-0.2, 0) is 39.9 Å². The first-order valence-electron chi connectivity index (χ1n) is 49.4. The van der Waals surface area contributed by atoms with Crippen LogP contribution in [-0.4, -0.2) is 167 Å². The smallest absolute Gasteiger partial charge is 0.343 e. The predicted molar refractivity (Wildman–Crippen MR) is 561 cm³/mol. The summed E-state index contributed by atoms with van der Waals surface area (Å²) < 4.78 is 66.0. The number of carbonyl (C=O) groups is 12. The number of rotatable bonds is 56. The predicted octanol–water partition coefficient (Wildman–Crippen LogP) is 23.3. The van der Waals surface area contributed by atoms with E-state index < -0.39 is 79.1 Å². The number of hydrogen-bond acceptors (Lipinski definition) is 22. The topological polar surface area (TPSA) is 376 Å². The number of methoxy groups -OCH3 is 1. The minimum atomic E-state index is -3.00. The lowest BCUT2D eigenvalue weighted by Gasteiger charge is -2.21. The largest absolute Gasteiger partial charge is 0.496 e. The number of alkyl halides is 2. The number of ketones is 3. The van der Waals surface area contributed by atoms with E-state index >= 15 is 0 Å². The van der Waals surface area contributed by atoms with E-state index in [-0.39, 0.29) is 84.6 Å². The molecule has 12 aromatic carbocycles. The highest BCUT2D eigenvalue weighted by Gasteiger charge is 2.27. The van der Waals surface area contributed by atoms with Crippen LogP contribution in [0.5, 0.6) is 40.2 Å². The number of aliphatic carboxylic acids is 3. The van der Waals surface area contributed by atoms with Gasteiger partial charge in [0.15, 0.2) is 17.3 Å². The second-order valence-corrected chi connectivity index (χ2v) is 35.2. The van der Waals surface area contributed by atoms with Gasteiger partial charge in [-0.15, -0.1) is 0 Å². The number of hydrogen-bond donors (Lipinski definition) is 6. The summed E-state index contributed by atoms with van der Waals surface area (Å²) in [6, 6.07) is 78.5. The van der Waals surface area contributed by atoms with Gasteiger partial charge in [0, 0.05) is 77.0 Å². The van der Waals surface area contributed by atoms with E-state index in [1.165, 1.54) is 116 Å². The van der Waals surface area contributed by atoms with Crippen molar-refractivity contribution in [1.82, 2.24) is 14.7 Å². The molecular formula is C118H126F2N6O22. The Bertz CT molecular complexity index is 6310. The molecule has 12 rings (SSSR count). The fraction of sp³-hybridized carbons (Fsp3) is 0.288. The molecule has 0 aromatic heterocycles. The molecule has 0 radical (unpaired) electrons. The molecule has 0 bridgehead atoms. The maximum absolute atomic E-state index is 13.5. The van der Waals surface area contributed by atoms with Gasteiger partial charge in [0.2, 0.25) is 0 Å². The van der Waals surface area contributed by atoms with Gasteiger partial charge < -0.3 is 79.1 Å². The zero-order chi connectivity index (χ0) is 106. The van der Waals surface area contributed by atoms with Gasteiger partial charge >= 0.3 is 35.8 Å². The van der Waals surface area contributed by atoms with Crippen LogP contribution in [0.4, 0.5) is 25.8 Å². The number of carboxylic acids is 3. The summed E-state index contributed by atoms with van der Waals surface area (Å²) in [5.74, 6) is -6.60. The van der Waals surface area contributed by atoms with E-state index in [9.17, 15) is 81.6 Å². The lowest BCUT2D eigenvalue weighted by Crippen LogP contribution is -2.35. The van der Waals surface area contributed by atoms with Crippen LogP contribution in [0.1, 0.15) is 245 Å². The third-order valence-corrected chi connectivity index (χ3v) is 23.4. The molecular weight excluding hydrogens is 1890 g/mol. The molecule has 148 heavy (non-hydrogen) atoms. The number of anilines is 3. The molecule has 6 N–H and O–H groups in total. The number of Topliss-reactive ketones (excluding diaryl/α,β-unsaturated/α-hetero) is 3. The first-order valence-corrected chi connectivity index (χ1v) is 49.4. The Labute approximate surface area is 860 Å². The molecule has 0 aliphatic heterocycles. The van der Waals surface area contributed by atoms with Crippen molar-refractivity contribution in [2.45, 2.75) is 156 Å². The summed E-state index contributed by atoms with van der Waals surface area (Å²) in [6.45, 7) is 9.65. The van der Waals surface area contributed by atoms with Crippen LogP contribution < -0.4 is 49.1 Å². The van der Waals surface area contributed by atoms with E-state index in [1.807, 2.05) is 19.1 Å².